The number of anilines is 3. The first kappa shape index (κ1) is 22.9. The molecule has 3 aliphatic rings. The molecule has 0 saturated heterocycles. The van der Waals surface area contributed by atoms with Crippen LogP contribution < -0.4 is 4.90 Å². The van der Waals surface area contributed by atoms with Crippen molar-refractivity contribution in [3.63, 3.8) is 0 Å². The van der Waals surface area contributed by atoms with Crippen LogP contribution in [0, 0.1) is 0 Å². The second-order valence-corrected chi connectivity index (χ2v) is 12.8. The SMILES string of the molecule is CC(C)(C)c1ccc2c(c1)N1c3ccccc3Sc3cccc(c31)C21c2ccccc2C(=O)c2ccccc21. The molecule has 0 amide bonds. The maximum atomic E-state index is 13.9. The molecule has 1 spiro atoms. The number of ketones is 1. The summed E-state index contributed by atoms with van der Waals surface area (Å²) in [5.41, 5.74) is 10.4. The number of benzene rings is 5. The van der Waals surface area contributed by atoms with Crippen LogP contribution in [0.1, 0.15) is 64.5 Å². The monoisotopic (exact) mass is 521 g/mol. The van der Waals surface area contributed by atoms with Crippen LogP contribution in [0.25, 0.3) is 0 Å². The van der Waals surface area contributed by atoms with Gasteiger partial charge in [0.15, 0.2) is 5.78 Å². The third kappa shape index (κ3) is 2.86. The van der Waals surface area contributed by atoms with Crippen molar-refractivity contribution in [3.05, 3.63) is 148 Å². The van der Waals surface area contributed by atoms with E-state index in [-0.39, 0.29) is 11.2 Å². The molecule has 0 radical (unpaired) electrons. The minimum atomic E-state index is -0.610. The zero-order chi connectivity index (χ0) is 26.5. The maximum absolute atomic E-state index is 13.9. The third-order valence-electron chi connectivity index (χ3n) is 8.61. The number of nitrogens with zero attached hydrogens (tertiary/aromatic N) is 1. The van der Waals surface area contributed by atoms with Crippen molar-refractivity contribution < 1.29 is 4.79 Å². The van der Waals surface area contributed by atoms with Gasteiger partial charge in [-0.05, 0) is 57.5 Å². The van der Waals surface area contributed by atoms with Gasteiger partial charge in [-0.15, -0.1) is 0 Å². The molecule has 0 atom stereocenters. The first-order valence-corrected chi connectivity index (χ1v) is 14.3. The molecule has 188 valence electrons. The normalized spacial score (nSPS) is 15.7. The summed E-state index contributed by atoms with van der Waals surface area (Å²) >= 11 is 1.84. The fourth-order valence-electron chi connectivity index (χ4n) is 6.89. The Morgan fingerprint density at radius 2 is 1.23 bits per heavy atom. The average Bonchev–Trinajstić information content (AvgIpc) is 2.96. The number of hydrogen-bond donors (Lipinski definition) is 0. The van der Waals surface area contributed by atoms with Crippen LogP contribution in [0.15, 0.2) is 119 Å². The summed E-state index contributed by atoms with van der Waals surface area (Å²) in [5.74, 6) is 0.103. The van der Waals surface area contributed by atoms with E-state index in [1.807, 2.05) is 36.0 Å². The van der Waals surface area contributed by atoms with Crippen LogP contribution >= 0.6 is 11.8 Å². The van der Waals surface area contributed by atoms with E-state index in [9.17, 15) is 4.79 Å². The van der Waals surface area contributed by atoms with Crippen molar-refractivity contribution in [3.8, 4) is 0 Å². The second kappa shape index (κ2) is 7.74. The standard InChI is InChI=1S/C36H27NOS/c1-35(2,3)22-19-20-27-30(21-22)37-29-16-8-9-17-31(29)39-32-18-10-15-28(33(32)37)36(27)25-13-6-4-11-23(25)34(38)24-12-5-7-14-26(24)36/h4-21H,1-3H3. The number of carbonyl (C=O) groups is 1. The molecule has 3 heteroatoms. The molecule has 2 nitrogen and oxygen atoms in total. The van der Waals surface area contributed by atoms with E-state index in [4.69, 9.17) is 0 Å². The van der Waals surface area contributed by atoms with Crippen LogP contribution in [0.5, 0.6) is 0 Å². The van der Waals surface area contributed by atoms with E-state index in [2.05, 4.69) is 111 Å². The molecule has 5 aromatic carbocycles. The van der Waals surface area contributed by atoms with Gasteiger partial charge in [-0.1, -0.05) is 117 Å². The highest BCUT2D eigenvalue weighted by Crippen LogP contribution is 2.64. The van der Waals surface area contributed by atoms with Gasteiger partial charge in [-0.3, -0.25) is 4.79 Å². The van der Waals surface area contributed by atoms with Gasteiger partial charge in [0.25, 0.3) is 0 Å². The number of fused-ring (bicyclic) bond motifs is 10. The molecule has 2 heterocycles. The van der Waals surface area contributed by atoms with Gasteiger partial charge >= 0.3 is 0 Å². The van der Waals surface area contributed by atoms with E-state index < -0.39 is 5.41 Å². The predicted molar refractivity (Wildman–Crippen MR) is 159 cm³/mol. The van der Waals surface area contributed by atoms with Gasteiger partial charge in [-0.2, -0.15) is 0 Å². The summed E-state index contributed by atoms with van der Waals surface area (Å²) in [5, 5.41) is 0. The molecule has 0 unspecified atom stereocenters. The highest BCUT2D eigenvalue weighted by molar-refractivity contribution is 7.99. The van der Waals surface area contributed by atoms with E-state index in [0.29, 0.717) is 0 Å². The number of rotatable bonds is 0. The lowest BCUT2D eigenvalue weighted by Gasteiger charge is -2.50. The lowest BCUT2D eigenvalue weighted by atomic mass is 9.57. The molecule has 0 fully saturated rings. The lowest BCUT2D eigenvalue weighted by Crippen LogP contribution is -2.43. The van der Waals surface area contributed by atoms with E-state index in [1.165, 1.54) is 43.5 Å². The largest absolute Gasteiger partial charge is 0.308 e. The fraction of sp³-hybridized carbons (Fsp3) is 0.139. The Morgan fingerprint density at radius 3 is 1.95 bits per heavy atom. The Hall–Kier alpha value is -4.08. The summed E-state index contributed by atoms with van der Waals surface area (Å²) in [6.45, 7) is 6.82. The number of para-hydroxylation sites is 2. The minimum absolute atomic E-state index is 0.00954. The van der Waals surface area contributed by atoms with Crippen molar-refractivity contribution in [2.24, 2.45) is 0 Å². The molecule has 0 bridgehead atoms. The first-order valence-electron chi connectivity index (χ1n) is 13.5. The topological polar surface area (TPSA) is 20.3 Å². The molecule has 1 aliphatic carbocycles. The van der Waals surface area contributed by atoms with Crippen molar-refractivity contribution >= 4 is 34.6 Å². The van der Waals surface area contributed by atoms with Crippen LogP contribution in [0.4, 0.5) is 17.1 Å². The zero-order valence-electron chi connectivity index (χ0n) is 22.2. The van der Waals surface area contributed by atoms with Crippen molar-refractivity contribution in [1.82, 2.24) is 0 Å². The van der Waals surface area contributed by atoms with Gasteiger partial charge in [0.05, 0.1) is 22.5 Å². The van der Waals surface area contributed by atoms with Crippen molar-refractivity contribution in [2.45, 2.75) is 41.4 Å². The summed E-state index contributed by atoms with van der Waals surface area (Å²) in [6, 6.07) is 38.9. The van der Waals surface area contributed by atoms with Crippen LogP contribution in [-0.2, 0) is 10.8 Å². The smallest absolute Gasteiger partial charge is 0.193 e. The number of carbonyl (C=O) groups excluding carboxylic acids is 1. The molecular formula is C36H27NOS. The molecule has 2 aliphatic heterocycles. The van der Waals surface area contributed by atoms with Gasteiger partial charge in [0.1, 0.15) is 0 Å². The number of hydrogen-bond acceptors (Lipinski definition) is 3. The van der Waals surface area contributed by atoms with Gasteiger partial charge in [0, 0.05) is 20.9 Å². The molecule has 0 saturated carbocycles. The molecule has 0 aromatic heterocycles. The van der Waals surface area contributed by atoms with E-state index >= 15 is 0 Å². The van der Waals surface area contributed by atoms with Crippen molar-refractivity contribution in [1.29, 1.82) is 0 Å². The molecule has 8 rings (SSSR count). The van der Waals surface area contributed by atoms with Crippen LogP contribution in [0.2, 0.25) is 0 Å². The Labute approximate surface area is 233 Å². The van der Waals surface area contributed by atoms with Gasteiger partial charge in [-0.25, -0.2) is 0 Å². The first-order chi connectivity index (χ1) is 18.9. The Bertz CT molecular complexity index is 1810. The molecule has 39 heavy (non-hydrogen) atoms. The second-order valence-electron chi connectivity index (χ2n) is 11.7. The van der Waals surface area contributed by atoms with Gasteiger partial charge < -0.3 is 4.90 Å². The molecule has 5 aromatic rings. The van der Waals surface area contributed by atoms with E-state index in [1.54, 1.807) is 0 Å². The summed E-state index contributed by atoms with van der Waals surface area (Å²) in [4.78, 5) is 18.9. The van der Waals surface area contributed by atoms with Crippen LogP contribution in [0.3, 0.4) is 0 Å². The lowest BCUT2D eigenvalue weighted by molar-refractivity contribution is 0.103. The fourth-order valence-corrected chi connectivity index (χ4v) is 7.98. The maximum Gasteiger partial charge on any atom is 0.193 e. The van der Waals surface area contributed by atoms with Crippen molar-refractivity contribution in [2.75, 3.05) is 4.90 Å². The Kier molecular flexibility index (Phi) is 4.54. The average molecular weight is 522 g/mol. The third-order valence-corrected chi connectivity index (χ3v) is 9.73. The highest BCUT2D eigenvalue weighted by Gasteiger charge is 2.53. The summed E-state index contributed by atoms with van der Waals surface area (Å²) in [6.07, 6.45) is 0. The quantitative estimate of drug-likeness (QED) is 0.198. The van der Waals surface area contributed by atoms with Crippen LogP contribution in [-0.4, -0.2) is 5.78 Å². The van der Waals surface area contributed by atoms with E-state index in [0.717, 1.165) is 22.3 Å². The Balaban J connectivity index is 1.60. The predicted octanol–water partition coefficient (Wildman–Crippen LogP) is 9.16. The summed E-state index contributed by atoms with van der Waals surface area (Å²) in [7, 11) is 0. The summed E-state index contributed by atoms with van der Waals surface area (Å²) < 4.78 is 0. The highest BCUT2D eigenvalue weighted by atomic mass is 32.2. The Morgan fingerprint density at radius 1 is 0.615 bits per heavy atom. The molecule has 0 N–H and O–H groups in total. The van der Waals surface area contributed by atoms with Gasteiger partial charge in [0.2, 0.25) is 0 Å². The zero-order valence-corrected chi connectivity index (χ0v) is 23.0. The minimum Gasteiger partial charge on any atom is -0.308 e. The molecular weight excluding hydrogens is 494 g/mol.